The molecule has 0 aromatic rings. The standard InChI is InChI=1S/C28H51NO3.C27H50N2O3/c1-22(19-31-6)18-23-24(30)28(20-25(2,3)29-26(4,5)21-28)32-27(23)16-14-12-10-8-7-9-11-13-15-17-27;1-7-22(30)19-29-24(2,3)20-26(21-25(29,4)5)23(31)28(6)27(32-26)17-15-13-11-9-8-10-12-14-16-18-27/h22-23,29H,7-21H2,1-6H3;22,30H,7-21H2,1-6H3. The van der Waals surface area contributed by atoms with Crippen LogP contribution < -0.4 is 5.32 Å². The summed E-state index contributed by atoms with van der Waals surface area (Å²) in [5.74, 6) is 0.950. The Bertz CT molecular complexity index is 1430. The molecule has 0 aromatic carbocycles. The molecule has 6 aliphatic rings. The lowest BCUT2D eigenvalue weighted by Gasteiger charge is -2.58. The summed E-state index contributed by atoms with van der Waals surface area (Å²) >= 11 is 0. The number of methoxy groups -OCH3 is 1. The maximum atomic E-state index is 14.4. The fraction of sp³-hybridized carbons (Fsp3) is 0.964. The van der Waals surface area contributed by atoms with E-state index in [0.29, 0.717) is 37.7 Å². The number of nitrogens with zero attached hydrogens (tertiary/aromatic N) is 2. The smallest absolute Gasteiger partial charge is 0.257 e. The summed E-state index contributed by atoms with van der Waals surface area (Å²) in [6.07, 6.45) is 31.3. The average molecular weight is 900 g/mol. The van der Waals surface area contributed by atoms with Crippen LogP contribution in [-0.2, 0) is 23.8 Å². The maximum absolute atomic E-state index is 14.4. The van der Waals surface area contributed by atoms with Gasteiger partial charge in [0.2, 0.25) is 0 Å². The highest BCUT2D eigenvalue weighted by molar-refractivity contribution is 5.93. The first-order valence-corrected chi connectivity index (χ1v) is 27.0. The van der Waals surface area contributed by atoms with Crippen LogP contribution in [0, 0.1) is 11.8 Å². The Morgan fingerprint density at radius 3 is 1.50 bits per heavy atom. The average Bonchev–Trinajstić information content (AvgIpc) is 3.49. The van der Waals surface area contributed by atoms with Crippen molar-refractivity contribution in [3.05, 3.63) is 0 Å². The van der Waals surface area contributed by atoms with E-state index < -0.39 is 16.9 Å². The number of carbonyl (C=O) groups is 2. The van der Waals surface area contributed by atoms with E-state index in [9.17, 15) is 14.7 Å². The summed E-state index contributed by atoms with van der Waals surface area (Å²) in [6, 6.07) is 0. The van der Waals surface area contributed by atoms with Crippen LogP contribution in [0.5, 0.6) is 0 Å². The molecule has 9 heteroatoms. The summed E-state index contributed by atoms with van der Waals surface area (Å²) in [5.41, 5.74) is -2.83. The van der Waals surface area contributed by atoms with Crippen LogP contribution in [0.4, 0.5) is 0 Å². The summed E-state index contributed by atoms with van der Waals surface area (Å²) in [7, 11) is 3.77. The molecule has 0 radical (unpaired) electrons. The van der Waals surface area contributed by atoms with Crippen LogP contribution in [0.1, 0.15) is 249 Å². The first kappa shape index (κ1) is 53.8. The summed E-state index contributed by atoms with van der Waals surface area (Å²) in [5, 5.41) is 14.2. The zero-order chi connectivity index (χ0) is 47.1. The molecule has 0 aromatic heterocycles. The number of aliphatic hydroxyl groups is 1. The molecule has 3 unspecified atom stereocenters. The summed E-state index contributed by atoms with van der Waals surface area (Å²) < 4.78 is 19.8. The van der Waals surface area contributed by atoms with E-state index in [4.69, 9.17) is 14.2 Å². The minimum atomic E-state index is -0.757. The monoisotopic (exact) mass is 900 g/mol. The molecule has 4 aliphatic heterocycles. The van der Waals surface area contributed by atoms with Crippen molar-refractivity contribution in [2.75, 3.05) is 27.3 Å². The van der Waals surface area contributed by atoms with Crippen molar-refractivity contribution in [1.82, 2.24) is 15.1 Å². The van der Waals surface area contributed by atoms with Crippen molar-refractivity contribution in [2.24, 2.45) is 11.8 Å². The number of rotatable bonds is 7. The largest absolute Gasteiger partial charge is 0.392 e. The molecular weight excluding hydrogens is 799 g/mol. The highest BCUT2D eigenvalue weighted by Crippen LogP contribution is 2.56. The van der Waals surface area contributed by atoms with E-state index in [1.54, 1.807) is 7.11 Å². The number of Topliss-reactive ketones (excluding diaryl/α,β-unsaturated/α-hetero) is 1. The van der Waals surface area contributed by atoms with Crippen LogP contribution >= 0.6 is 0 Å². The van der Waals surface area contributed by atoms with Gasteiger partial charge in [-0.25, -0.2) is 0 Å². The van der Waals surface area contributed by atoms with Crippen LogP contribution in [0.25, 0.3) is 0 Å². The first-order valence-electron chi connectivity index (χ1n) is 27.0. The molecule has 0 bridgehead atoms. The van der Waals surface area contributed by atoms with E-state index in [0.717, 1.165) is 64.2 Å². The number of β-amino-alcohol motifs (C(OH)–C–C–N with tert-alkyl or cyclic N) is 1. The predicted octanol–water partition coefficient (Wildman–Crippen LogP) is 12.2. The van der Waals surface area contributed by atoms with Crippen LogP contribution in [-0.4, -0.2) is 105 Å². The van der Waals surface area contributed by atoms with Crippen molar-refractivity contribution in [3.8, 4) is 0 Å². The van der Waals surface area contributed by atoms with Gasteiger partial charge in [0.05, 0.1) is 17.6 Å². The lowest BCUT2D eigenvalue weighted by atomic mass is 9.67. The second kappa shape index (κ2) is 22.1. The van der Waals surface area contributed by atoms with Gasteiger partial charge in [0.25, 0.3) is 5.91 Å². The number of ether oxygens (including phenoxy) is 3. The van der Waals surface area contributed by atoms with E-state index in [2.05, 4.69) is 72.5 Å². The first-order chi connectivity index (χ1) is 30.0. The summed E-state index contributed by atoms with van der Waals surface area (Å²) in [4.78, 5) is 32.7. The van der Waals surface area contributed by atoms with E-state index in [1.807, 2.05) is 18.9 Å². The van der Waals surface area contributed by atoms with Crippen molar-refractivity contribution >= 4 is 11.7 Å². The molecule has 372 valence electrons. The van der Waals surface area contributed by atoms with Gasteiger partial charge in [-0.15, -0.1) is 0 Å². The minimum absolute atomic E-state index is 0.000269. The molecular formula is C55H101N3O6. The number of carbonyl (C=O) groups excluding carboxylic acids is 2. The van der Waals surface area contributed by atoms with Gasteiger partial charge >= 0.3 is 0 Å². The molecule has 2 N–H and O–H groups in total. The molecule has 9 nitrogen and oxygen atoms in total. The lowest BCUT2D eigenvalue weighted by molar-refractivity contribution is -0.201. The molecule has 4 saturated heterocycles. The second-order valence-corrected chi connectivity index (χ2v) is 25.0. The normalized spacial score (nSPS) is 30.4. The SMILES string of the molecule is CCC(O)CN1C(C)(C)CC2(CC1(C)C)OC1(CCCCCCCCCCC1)N(C)C2=O.COCC(C)CC1C(=O)C2(CC(C)(C)NC(C)(C)C2)OC12CCCCCCCCCCC2. The van der Waals surface area contributed by atoms with Gasteiger partial charge in [0.1, 0.15) is 11.3 Å². The predicted molar refractivity (Wildman–Crippen MR) is 263 cm³/mol. The Labute approximate surface area is 393 Å². The molecule has 4 spiro atoms. The fourth-order valence-electron chi connectivity index (χ4n) is 14.6. The van der Waals surface area contributed by atoms with Crippen LogP contribution in [0.15, 0.2) is 0 Å². The van der Waals surface area contributed by atoms with E-state index in [-0.39, 0.29) is 45.7 Å². The molecule has 2 saturated carbocycles. The third-order valence-corrected chi connectivity index (χ3v) is 16.8. The number of aliphatic hydroxyl groups excluding tert-OH is 1. The minimum Gasteiger partial charge on any atom is -0.392 e. The van der Waals surface area contributed by atoms with Gasteiger partial charge < -0.3 is 29.5 Å². The molecule has 6 rings (SSSR count). The van der Waals surface area contributed by atoms with Gasteiger partial charge in [-0.1, -0.05) is 117 Å². The topological polar surface area (TPSA) is 101 Å². The number of ketones is 1. The highest BCUT2D eigenvalue weighted by atomic mass is 16.6. The van der Waals surface area contributed by atoms with Crippen molar-refractivity contribution in [1.29, 1.82) is 0 Å². The Morgan fingerprint density at radius 1 is 0.656 bits per heavy atom. The maximum Gasteiger partial charge on any atom is 0.257 e. The van der Waals surface area contributed by atoms with Gasteiger partial charge in [-0.2, -0.15) is 0 Å². The zero-order valence-electron chi connectivity index (χ0n) is 43.8. The van der Waals surface area contributed by atoms with Crippen molar-refractivity contribution < 1.29 is 28.9 Å². The Hall–Kier alpha value is -1.10. The number of piperidine rings is 2. The number of nitrogens with one attached hydrogen (secondary N) is 1. The lowest BCUT2D eigenvalue weighted by Crippen LogP contribution is -2.68. The third-order valence-electron chi connectivity index (χ3n) is 16.8. The number of hydrogen-bond acceptors (Lipinski definition) is 8. The zero-order valence-corrected chi connectivity index (χ0v) is 43.8. The Kier molecular flexibility index (Phi) is 18.6. The van der Waals surface area contributed by atoms with Crippen molar-refractivity contribution in [3.63, 3.8) is 0 Å². The molecule has 6 fully saturated rings. The van der Waals surface area contributed by atoms with Gasteiger partial charge in [0.15, 0.2) is 11.4 Å². The Balaban J connectivity index is 0.000000241. The van der Waals surface area contributed by atoms with Gasteiger partial charge in [0, 0.05) is 75.1 Å². The number of amides is 1. The Morgan fingerprint density at radius 2 is 1.08 bits per heavy atom. The quantitative estimate of drug-likeness (QED) is 0.261. The van der Waals surface area contributed by atoms with Crippen LogP contribution in [0.3, 0.4) is 0 Å². The molecule has 1 amide bonds. The molecule has 64 heavy (non-hydrogen) atoms. The highest BCUT2D eigenvalue weighted by Gasteiger charge is 2.66. The number of hydrogen-bond donors (Lipinski definition) is 2. The second-order valence-electron chi connectivity index (χ2n) is 25.0. The molecule has 2 aliphatic carbocycles. The third kappa shape index (κ3) is 12.9. The number of likely N-dealkylation sites (N-methyl/N-ethyl adjacent to an activating group) is 1. The summed E-state index contributed by atoms with van der Waals surface area (Å²) in [6.45, 7) is 23.5. The molecule has 4 heterocycles. The van der Waals surface area contributed by atoms with Crippen LogP contribution in [0.2, 0.25) is 0 Å². The van der Waals surface area contributed by atoms with Gasteiger partial charge in [-0.05, 0) is 113 Å². The van der Waals surface area contributed by atoms with E-state index in [1.165, 1.54) is 103 Å². The van der Waals surface area contributed by atoms with Crippen molar-refractivity contribution in [2.45, 2.75) is 300 Å². The van der Waals surface area contributed by atoms with Gasteiger partial charge in [-0.3, -0.25) is 14.5 Å². The number of likely N-dealkylation sites (tertiary alicyclic amines) is 1. The fourth-order valence-corrected chi connectivity index (χ4v) is 14.6. The van der Waals surface area contributed by atoms with E-state index >= 15 is 0 Å². The molecule has 3 atom stereocenters.